The van der Waals surface area contributed by atoms with E-state index in [4.69, 9.17) is 4.74 Å². The third-order valence-corrected chi connectivity index (χ3v) is 4.23. The zero-order valence-electron chi connectivity index (χ0n) is 14.0. The molecule has 1 aliphatic rings. The van der Waals surface area contributed by atoms with Gasteiger partial charge in [0, 0.05) is 38.3 Å². The fraction of sp³-hybridized carbons (Fsp3) is 1.00. The summed E-state index contributed by atoms with van der Waals surface area (Å²) in [6.07, 6.45) is 2.37. The van der Waals surface area contributed by atoms with Gasteiger partial charge in [-0.25, -0.2) is 0 Å². The van der Waals surface area contributed by atoms with E-state index >= 15 is 0 Å². The molecule has 0 radical (unpaired) electrons. The van der Waals surface area contributed by atoms with Gasteiger partial charge in [-0.3, -0.25) is 4.90 Å². The number of nitrogens with zero attached hydrogens (tertiary/aromatic N) is 1. The number of ether oxygens (including phenoxy) is 1. The summed E-state index contributed by atoms with van der Waals surface area (Å²) in [5.74, 6) is 0.756. The highest BCUT2D eigenvalue weighted by Gasteiger charge is 2.33. The van der Waals surface area contributed by atoms with Crippen LogP contribution >= 0.6 is 0 Å². The summed E-state index contributed by atoms with van der Waals surface area (Å²) in [6.45, 7) is 17.0. The Morgan fingerprint density at radius 1 is 1.37 bits per heavy atom. The molecule has 0 aliphatic carbocycles. The van der Waals surface area contributed by atoms with Gasteiger partial charge >= 0.3 is 0 Å². The molecule has 0 bridgehead atoms. The van der Waals surface area contributed by atoms with Crippen molar-refractivity contribution in [3.63, 3.8) is 0 Å². The van der Waals surface area contributed by atoms with E-state index in [-0.39, 0.29) is 11.1 Å². The average Bonchev–Trinajstić information content (AvgIpc) is 2.29. The summed E-state index contributed by atoms with van der Waals surface area (Å²) < 4.78 is 5.55. The number of hydrogen-bond acceptors (Lipinski definition) is 3. The molecule has 0 aromatic heterocycles. The molecule has 114 valence electrons. The Kier molecular flexibility index (Phi) is 5.84. The number of nitrogens with one attached hydrogen (secondary N) is 1. The monoisotopic (exact) mass is 270 g/mol. The number of rotatable bonds is 6. The first-order chi connectivity index (χ1) is 8.65. The van der Waals surface area contributed by atoms with Crippen molar-refractivity contribution >= 4 is 0 Å². The SMILES string of the molecule is COC(C)(C)CCN1CC(C)(C)NCC1CC(C)C. The zero-order valence-corrected chi connectivity index (χ0v) is 14.0. The van der Waals surface area contributed by atoms with Crippen molar-refractivity contribution in [1.82, 2.24) is 10.2 Å². The second-order valence-corrected chi connectivity index (χ2v) is 7.73. The molecule has 1 rings (SSSR count). The van der Waals surface area contributed by atoms with Gasteiger partial charge in [-0.15, -0.1) is 0 Å². The van der Waals surface area contributed by atoms with Gasteiger partial charge in [0.05, 0.1) is 5.60 Å². The molecule has 1 heterocycles. The van der Waals surface area contributed by atoms with Crippen LogP contribution in [0.25, 0.3) is 0 Å². The molecule has 0 spiro atoms. The van der Waals surface area contributed by atoms with E-state index in [1.807, 2.05) is 7.11 Å². The lowest BCUT2D eigenvalue weighted by atomic mass is 9.93. The first kappa shape index (κ1) is 16.9. The maximum Gasteiger partial charge on any atom is 0.0634 e. The molecule has 3 heteroatoms. The predicted octanol–water partition coefficient (Wildman–Crippen LogP) is 2.90. The van der Waals surface area contributed by atoms with Crippen LogP contribution in [0.4, 0.5) is 0 Å². The minimum atomic E-state index is -0.0165. The Morgan fingerprint density at radius 3 is 2.53 bits per heavy atom. The van der Waals surface area contributed by atoms with Gasteiger partial charge in [-0.1, -0.05) is 13.8 Å². The molecular weight excluding hydrogens is 236 g/mol. The topological polar surface area (TPSA) is 24.5 Å². The number of hydrogen-bond donors (Lipinski definition) is 1. The van der Waals surface area contributed by atoms with Crippen LogP contribution in [0, 0.1) is 5.92 Å². The van der Waals surface area contributed by atoms with Crippen molar-refractivity contribution in [3.8, 4) is 0 Å². The molecular formula is C16H34N2O. The fourth-order valence-electron chi connectivity index (χ4n) is 2.77. The molecule has 1 atom stereocenters. The van der Waals surface area contributed by atoms with Crippen molar-refractivity contribution in [2.75, 3.05) is 26.7 Å². The highest BCUT2D eigenvalue weighted by molar-refractivity contribution is 4.93. The Bertz CT molecular complexity index is 274. The Balaban J connectivity index is 2.61. The first-order valence-corrected chi connectivity index (χ1v) is 7.69. The summed E-state index contributed by atoms with van der Waals surface area (Å²) in [4.78, 5) is 2.66. The normalized spacial score (nSPS) is 24.9. The Labute approximate surface area is 120 Å². The van der Waals surface area contributed by atoms with Gasteiger partial charge in [0.25, 0.3) is 0 Å². The fourth-order valence-corrected chi connectivity index (χ4v) is 2.77. The summed E-state index contributed by atoms with van der Waals surface area (Å²) in [5.41, 5.74) is 0.210. The maximum absolute atomic E-state index is 5.55. The Morgan fingerprint density at radius 2 is 2.00 bits per heavy atom. The average molecular weight is 270 g/mol. The molecule has 1 saturated heterocycles. The summed E-state index contributed by atoms with van der Waals surface area (Å²) in [7, 11) is 1.81. The van der Waals surface area contributed by atoms with Crippen LogP contribution in [0.3, 0.4) is 0 Å². The van der Waals surface area contributed by atoms with Crippen molar-refractivity contribution in [1.29, 1.82) is 0 Å². The molecule has 1 N–H and O–H groups in total. The smallest absolute Gasteiger partial charge is 0.0634 e. The number of piperazine rings is 1. The van der Waals surface area contributed by atoms with Crippen LogP contribution in [-0.2, 0) is 4.74 Å². The molecule has 0 aromatic rings. The van der Waals surface area contributed by atoms with Crippen LogP contribution in [0.5, 0.6) is 0 Å². The van der Waals surface area contributed by atoms with E-state index in [2.05, 4.69) is 51.8 Å². The lowest BCUT2D eigenvalue weighted by Gasteiger charge is -2.46. The van der Waals surface area contributed by atoms with Gasteiger partial charge in [0.2, 0.25) is 0 Å². The molecule has 1 aliphatic heterocycles. The van der Waals surface area contributed by atoms with Gasteiger partial charge < -0.3 is 10.1 Å². The highest BCUT2D eigenvalue weighted by atomic mass is 16.5. The molecule has 1 unspecified atom stereocenters. The standard InChI is InChI=1S/C16H34N2O/c1-13(2)10-14-11-17-15(3,4)12-18(14)9-8-16(5,6)19-7/h13-14,17H,8-12H2,1-7H3. The number of methoxy groups -OCH3 is 1. The van der Waals surface area contributed by atoms with Gasteiger partial charge in [-0.2, -0.15) is 0 Å². The van der Waals surface area contributed by atoms with E-state index in [0.717, 1.165) is 32.0 Å². The van der Waals surface area contributed by atoms with Gasteiger partial charge in [0.15, 0.2) is 0 Å². The van der Waals surface area contributed by atoms with Crippen LogP contribution in [-0.4, -0.2) is 48.8 Å². The van der Waals surface area contributed by atoms with E-state index in [1.54, 1.807) is 0 Å². The highest BCUT2D eigenvalue weighted by Crippen LogP contribution is 2.22. The van der Waals surface area contributed by atoms with Crippen molar-refractivity contribution in [2.24, 2.45) is 5.92 Å². The van der Waals surface area contributed by atoms with E-state index in [9.17, 15) is 0 Å². The van der Waals surface area contributed by atoms with Crippen LogP contribution in [0.2, 0.25) is 0 Å². The van der Waals surface area contributed by atoms with Crippen molar-refractivity contribution < 1.29 is 4.74 Å². The largest absolute Gasteiger partial charge is 0.379 e. The van der Waals surface area contributed by atoms with Crippen LogP contribution in [0.15, 0.2) is 0 Å². The van der Waals surface area contributed by atoms with E-state index < -0.39 is 0 Å². The third-order valence-electron chi connectivity index (χ3n) is 4.23. The molecule has 19 heavy (non-hydrogen) atoms. The second-order valence-electron chi connectivity index (χ2n) is 7.73. The third kappa shape index (κ3) is 5.80. The van der Waals surface area contributed by atoms with E-state index in [1.165, 1.54) is 6.42 Å². The van der Waals surface area contributed by atoms with Crippen LogP contribution < -0.4 is 5.32 Å². The quantitative estimate of drug-likeness (QED) is 0.803. The molecule has 0 saturated carbocycles. The van der Waals surface area contributed by atoms with Crippen LogP contribution in [0.1, 0.15) is 54.4 Å². The Hall–Kier alpha value is -0.120. The predicted molar refractivity (Wildman–Crippen MR) is 82.6 cm³/mol. The first-order valence-electron chi connectivity index (χ1n) is 7.69. The summed E-state index contributed by atoms with van der Waals surface area (Å²) in [5, 5.41) is 3.68. The lowest BCUT2D eigenvalue weighted by Crippen LogP contribution is -2.62. The summed E-state index contributed by atoms with van der Waals surface area (Å²) in [6, 6.07) is 0.667. The molecule has 3 nitrogen and oxygen atoms in total. The van der Waals surface area contributed by atoms with Crippen molar-refractivity contribution in [3.05, 3.63) is 0 Å². The van der Waals surface area contributed by atoms with Crippen molar-refractivity contribution in [2.45, 2.75) is 71.6 Å². The van der Waals surface area contributed by atoms with E-state index in [0.29, 0.717) is 6.04 Å². The summed E-state index contributed by atoms with van der Waals surface area (Å²) >= 11 is 0. The molecule has 0 aromatic carbocycles. The lowest BCUT2D eigenvalue weighted by molar-refractivity contribution is -0.00557. The minimum Gasteiger partial charge on any atom is -0.379 e. The second kappa shape index (κ2) is 6.55. The van der Waals surface area contributed by atoms with Gasteiger partial charge in [0.1, 0.15) is 0 Å². The minimum absolute atomic E-state index is 0.0165. The zero-order chi connectivity index (χ0) is 14.7. The molecule has 1 fully saturated rings. The van der Waals surface area contributed by atoms with Gasteiger partial charge in [-0.05, 0) is 46.5 Å². The maximum atomic E-state index is 5.55. The molecule has 0 amide bonds.